The zero-order chi connectivity index (χ0) is 10.6. The lowest BCUT2D eigenvalue weighted by Crippen LogP contribution is -2.18. The third-order valence-electron chi connectivity index (χ3n) is 1.99. The van der Waals surface area contributed by atoms with E-state index in [1.807, 2.05) is 32.0 Å². The minimum Gasteiger partial charge on any atom is -0.495 e. The van der Waals surface area contributed by atoms with E-state index in [1.165, 1.54) is 0 Å². The molecule has 0 radical (unpaired) electrons. The van der Waals surface area contributed by atoms with Gasteiger partial charge in [-0.3, -0.25) is 0 Å². The molecule has 0 heterocycles. The number of hydrogen-bond donors (Lipinski definition) is 0. The summed E-state index contributed by atoms with van der Waals surface area (Å²) in [5.41, 5.74) is 10.3. The molecule has 4 heteroatoms. The smallest absolute Gasteiger partial charge is 0.299 e. The first-order chi connectivity index (χ1) is 6.69. The average Bonchev–Trinajstić information content (AvgIpc) is 2.17. The molecule has 0 aromatic heterocycles. The first kappa shape index (κ1) is 10.5. The molecule has 0 N–H and O–H groups in total. The molecule has 4 nitrogen and oxygen atoms in total. The molecule has 1 aliphatic rings. The van der Waals surface area contributed by atoms with E-state index < -0.39 is 0 Å². The summed E-state index contributed by atoms with van der Waals surface area (Å²) in [7, 11) is 3.92. The average molecular weight is 193 g/mol. The van der Waals surface area contributed by atoms with Gasteiger partial charge in [0.25, 0.3) is 5.71 Å². The van der Waals surface area contributed by atoms with Crippen molar-refractivity contribution in [1.29, 1.82) is 0 Å². The summed E-state index contributed by atoms with van der Waals surface area (Å²) in [4.78, 5) is 5.15. The van der Waals surface area contributed by atoms with E-state index in [-0.39, 0.29) is 0 Å². The highest BCUT2D eigenvalue weighted by Crippen LogP contribution is 2.19. The molecule has 0 atom stereocenters. The molecule has 0 unspecified atom stereocenters. The Labute approximate surface area is 84.1 Å². The molecule has 0 amide bonds. The van der Waals surface area contributed by atoms with Crippen LogP contribution in [0, 0.1) is 0 Å². The number of hydrogen-bond acceptors (Lipinski definition) is 2. The number of ether oxygens (including phenoxy) is 1. The Bertz CT molecular complexity index is 322. The van der Waals surface area contributed by atoms with Crippen molar-refractivity contribution >= 4 is 5.71 Å². The second-order valence-electron chi connectivity index (χ2n) is 3.24. The predicted octanol–water partition coefficient (Wildman–Crippen LogP) is 1.43. The van der Waals surface area contributed by atoms with E-state index in [0.29, 0.717) is 18.7 Å². The van der Waals surface area contributed by atoms with Crippen molar-refractivity contribution < 1.29 is 9.53 Å². The molecular weight excluding hydrogens is 178 g/mol. The van der Waals surface area contributed by atoms with E-state index in [2.05, 4.69) is 4.79 Å². The summed E-state index contributed by atoms with van der Waals surface area (Å²) in [5.74, 6) is 0.854. The monoisotopic (exact) mass is 193 g/mol. The van der Waals surface area contributed by atoms with Crippen LogP contribution < -0.4 is 0 Å². The lowest BCUT2D eigenvalue weighted by Gasteiger charge is -2.20. The molecule has 0 saturated heterocycles. The highest BCUT2D eigenvalue weighted by molar-refractivity contribution is 5.93. The highest BCUT2D eigenvalue weighted by Gasteiger charge is 2.19. The van der Waals surface area contributed by atoms with Crippen molar-refractivity contribution in [3.63, 3.8) is 0 Å². The molecule has 14 heavy (non-hydrogen) atoms. The minimum atomic E-state index is 0.550. The molecule has 0 spiro atoms. The summed E-state index contributed by atoms with van der Waals surface area (Å²) in [6.45, 7) is 2.56. The predicted molar refractivity (Wildman–Crippen MR) is 54.7 cm³/mol. The van der Waals surface area contributed by atoms with Crippen molar-refractivity contribution in [2.45, 2.75) is 13.3 Å². The summed E-state index contributed by atoms with van der Waals surface area (Å²) in [6.07, 6.45) is 4.23. The fourth-order valence-electron chi connectivity index (χ4n) is 1.35. The SMILES string of the molecule is CCOC1=C(N(C)C)C=CC(=[N+]=[N-])C1. The lowest BCUT2D eigenvalue weighted by molar-refractivity contribution is -0.00701. The maximum atomic E-state index is 8.65. The quantitative estimate of drug-likeness (QED) is 0.503. The van der Waals surface area contributed by atoms with Gasteiger partial charge in [-0.2, -0.15) is 4.79 Å². The Balaban J connectivity index is 2.96. The van der Waals surface area contributed by atoms with Crippen molar-refractivity contribution in [2.75, 3.05) is 20.7 Å². The first-order valence-corrected chi connectivity index (χ1v) is 4.61. The van der Waals surface area contributed by atoms with Crippen LogP contribution in [0.4, 0.5) is 0 Å². The van der Waals surface area contributed by atoms with Crippen LogP contribution in [0.15, 0.2) is 23.6 Å². The van der Waals surface area contributed by atoms with Gasteiger partial charge in [-0.15, -0.1) is 0 Å². The first-order valence-electron chi connectivity index (χ1n) is 4.61. The van der Waals surface area contributed by atoms with Crippen molar-refractivity contribution in [2.24, 2.45) is 0 Å². The molecule has 0 aromatic carbocycles. The normalized spacial score (nSPS) is 15.5. The van der Waals surface area contributed by atoms with Crippen LogP contribution in [0.2, 0.25) is 0 Å². The minimum absolute atomic E-state index is 0.550. The van der Waals surface area contributed by atoms with Crippen molar-refractivity contribution in [1.82, 2.24) is 4.90 Å². The Morgan fingerprint density at radius 3 is 2.71 bits per heavy atom. The van der Waals surface area contributed by atoms with Crippen LogP contribution in [0.3, 0.4) is 0 Å². The molecule has 0 fully saturated rings. The Hall–Kier alpha value is -1.54. The van der Waals surface area contributed by atoms with Gasteiger partial charge < -0.3 is 15.2 Å². The maximum absolute atomic E-state index is 8.65. The standard InChI is InChI=1S/C10H15N3O/c1-4-14-10-7-8(12-11)5-6-9(10)13(2)3/h5-6H,4,7H2,1-3H3. The number of allylic oxidation sites excluding steroid dienone is 3. The third kappa shape index (κ3) is 2.24. The van der Waals surface area contributed by atoms with Crippen LogP contribution >= 0.6 is 0 Å². The third-order valence-corrected chi connectivity index (χ3v) is 1.99. The van der Waals surface area contributed by atoms with Crippen LogP contribution in [0.1, 0.15) is 13.3 Å². The zero-order valence-corrected chi connectivity index (χ0v) is 8.82. The van der Waals surface area contributed by atoms with E-state index >= 15 is 0 Å². The molecule has 1 rings (SSSR count). The number of nitrogens with zero attached hydrogens (tertiary/aromatic N) is 3. The van der Waals surface area contributed by atoms with Crippen LogP contribution in [-0.2, 0) is 4.74 Å². The van der Waals surface area contributed by atoms with Gasteiger partial charge >= 0.3 is 0 Å². The molecule has 0 aliphatic heterocycles. The second kappa shape index (κ2) is 4.63. The van der Waals surface area contributed by atoms with E-state index in [9.17, 15) is 0 Å². The van der Waals surface area contributed by atoms with Gasteiger partial charge in [0.05, 0.1) is 12.3 Å². The number of likely N-dealkylation sites (N-methyl/N-ethyl adjacent to an activating group) is 1. The molecule has 1 aliphatic carbocycles. The van der Waals surface area contributed by atoms with Crippen LogP contribution in [0.5, 0.6) is 0 Å². The molecule has 0 aromatic rings. The Morgan fingerprint density at radius 2 is 2.21 bits per heavy atom. The van der Waals surface area contributed by atoms with Crippen LogP contribution in [0.25, 0.3) is 5.53 Å². The molecular formula is C10H15N3O. The highest BCUT2D eigenvalue weighted by atomic mass is 16.5. The van der Waals surface area contributed by atoms with E-state index in [0.717, 1.165) is 11.5 Å². The van der Waals surface area contributed by atoms with E-state index in [4.69, 9.17) is 10.3 Å². The van der Waals surface area contributed by atoms with Crippen molar-refractivity contribution in [3.05, 3.63) is 29.1 Å². The fourth-order valence-corrected chi connectivity index (χ4v) is 1.35. The Morgan fingerprint density at radius 1 is 1.50 bits per heavy atom. The second-order valence-corrected chi connectivity index (χ2v) is 3.24. The summed E-state index contributed by atoms with van der Waals surface area (Å²) < 4.78 is 5.48. The van der Waals surface area contributed by atoms with Crippen molar-refractivity contribution in [3.8, 4) is 0 Å². The van der Waals surface area contributed by atoms with Gasteiger partial charge in [0.2, 0.25) is 0 Å². The van der Waals surface area contributed by atoms with Gasteiger partial charge in [-0.05, 0) is 13.0 Å². The van der Waals surface area contributed by atoms with Gasteiger partial charge in [-0.25, -0.2) is 0 Å². The summed E-state index contributed by atoms with van der Waals surface area (Å²) >= 11 is 0. The molecule has 76 valence electrons. The van der Waals surface area contributed by atoms with Gasteiger partial charge in [0, 0.05) is 20.2 Å². The number of rotatable bonds is 3. The lowest BCUT2D eigenvalue weighted by atomic mass is 10.1. The summed E-state index contributed by atoms with van der Waals surface area (Å²) in [5, 5.41) is 0. The summed E-state index contributed by atoms with van der Waals surface area (Å²) in [6, 6.07) is 0. The largest absolute Gasteiger partial charge is 0.495 e. The Kier molecular flexibility index (Phi) is 3.48. The van der Waals surface area contributed by atoms with E-state index in [1.54, 1.807) is 6.08 Å². The van der Waals surface area contributed by atoms with Gasteiger partial charge in [0.15, 0.2) is 0 Å². The van der Waals surface area contributed by atoms with Gasteiger partial charge in [0.1, 0.15) is 12.2 Å². The zero-order valence-electron chi connectivity index (χ0n) is 8.82. The fraction of sp³-hybridized carbons (Fsp3) is 0.500. The molecule has 0 saturated carbocycles. The topological polar surface area (TPSA) is 48.9 Å². The maximum Gasteiger partial charge on any atom is 0.299 e. The molecule has 0 bridgehead atoms. The van der Waals surface area contributed by atoms with Gasteiger partial charge in [-0.1, -0.05) is 0 Å². The van der Waals surface area contributed by atoms with Crippen LogP contribution in [-0.4, -0.2) is 36.1 Å².